The van der Waals surface area contributed by atoms with Crippen LogP contribution in [0.25, 0.3) is 0 Å². The maximum absolute atomic E-state index is 9.45. The van der Waals surface area contributed by atoms with Crippen LogP contribution in [0.4, 0.5) is 0 Å². The summed E-state index contributed by atoms with van der Waals surface area (Å²) in [5.74, 6) is 0.476. The Morgan fingerprint density at radius 1 is 1.40 bits per heavy atom. The summed E-state index contributed by atoms with van der Waals surface area (Å²) in [7, 11) is 0. The third-order valence-electron chi connectivity index (χ3n) is 3.61. The summed E-state index contributed by atoms with van der Waals surface area (Å²) in [6.07, 6.45) is 3.35. The van der Waals surface area contributed by atoms with Crippen molar-refractivity contribution in [1.29, 1.82) is 5.26 Å². The van der Waals surface area contributed by atoms with Gasteiger partial charge in [0.1, 0.15) is 0 Å². The number of hydrogen-bond donors (Lipinski definition) is 0. The van der Waals surface area contributed by atoms with E-state index < -0.39 is 0 Å². The van der Waals surface area contributed by atoms with Crippen LogP contribution in [0, 0.1) is 17.2 Å². The van der Waals surface area contributed by atoms with Crippen molar-refractivity contribution in [2.24, 2.45) is 5.92 Å². The summed E-state index contributed by atoms with van der Waals surface area (Å²) in [6.45, 7) is 2.19. The summed E-state index contributed by atoms with van der Waals surface area (Å²) in [5, 5.41) is 9.45. The lowest BCUT2D eigenvalue weighted by Crippen LogP contribution is -2.26. The predicted octanol–water partition coefficient (Wildman–Crippen LogP) is 4.03. The molecule has 15 heavy (non-hydrogen) atoms. The van der Waals surface area contributed by atoms with E-state index in [2.05, 4.69) is 41.1 Å². The zero-order valence-corrected chi connectivity index (χ0v) is 10.4. The molecule has 1 aromatic carbocycles. The van der Waals surface area contributed by atoms with Gasteiger partial charge in [-0.15, -0.1) is 0 Å². The molecule has 0 amide bonds. The lowest BCUT2D eigenvalue weighted by atomic mass is 9.74. The first kappa shape index (κ1) is 10.7. The second kappa shape index (κ2) is 3.98. The molecule has 1 nitrogen and oxygen atoms in total. The fourth-order valence-corrected chi connectivity index (χ4v) is 2.85. The Morgan fingerprint density at radius 2 is 2.07 bits per heavy atom. The van der Waals surface area contributed by atoms with Crippen molar-refractivity contribution in [2.75, 3.05) is 0 Å². The number of hydrogen-bond acceptors (Lipinski definition) is 1. The SMILES string of the molecule is CC1CCCC1(C#N)c1ccc(Br)cc1. The van der Waals surface area contributed by atoms with Crippen molar-refractivity contribution in [2.45, 2.75) is 31.6 Å². The zero-order valence-electron chi connectivity index (χ0n) is 8.83. The molecule has 1 aliphatic rings. The third kappa shape index (κ3) is 1.70. The van der Waals surface area contributed by atoms with Crippen LogP contribution in [-0.4, -0.2) is 0 Å². The Kier molecular flexibility index (Phi) is 2.84. The van der Waals surface area contributed by atoms with Crippen LogP contribution >= 0.6 is 15.9 Å². The van der Waals surface area contributed by atoms with Gasteiger partial charge in [0, 0.05) is 4.47 Å². The fourth-order valence-electron chi connectivity index (χ4n) is 2.59. The van der Waals surface area contributed by atoms with E-state index in [-0.39, 0.29) is 5.41 Å². The average Bonchev–Trinajstić information content (AvgIpc) is 2.62. The van der Waals surface area contributed by atoms with Crippen molar-refractivity contribution in [3.05, 3.63) is 34.3 Å². The molecular formula is C13H14BrN. The first-order valence-electron chi connectivity index (χ1n) is 5.36. The third-order valence-corrected chi connectivity index (χ3v) is 4.14. The van der Waals surface area contributed by atoms with Gasteiger partial charge in [-0.2, -0.15) is 5.26 Å². The first-order chi connectivity index (χ1) is 7.19. The molecule has 0 heterocycles. The smallest absolute Gasteiger partial charge is 0.0847 e. The summed E-state index contributed by atoms with van der Waals surface area (Å²) >= 11 is 3.43. The van der Waals surface area contributed by atoms with Gasteiger partial charge in [0.05, 0.1) is 11.5 Å². The van der Waals surface area contributed by atoms with Crippen LogP contribution < -0.4 is 0 Å². The molecular weight excluding hydrogens is 250 g/mol. The van der Waals surface area contributed by atoms with E-state index in [1.54, 1.807) is 0 Å². The largest absolute Gasteiger partial charge is 0.197 e. The predicted molar refractivity (Wildman–Crippen MR) is 64.4 cm³/mol. The monoisotopic (exact) mass is 263 g/mol. The maximum Gasteiger partial charge on any atom is 0.0847 e. The van der Waals surface area contributed by atoms with E-state index in [9.17, 15) is 5.26 Å². The molecule has 0 saturated heterocycles. The molecule has 0 spiro atoms. The molecule has 2 rings (SSSR count). The van der Waals surface area contributed by atoms with E-state index >= 15 is 0 Å². The highest BCUT2D eigenvalue weighted by atomic mass is 79.9. The minimum absolute atomic E-state index is 0.235. The van der Waals surface area contributed by atoms with Gasteiger partial charge in [0.25, 0.3) is 0 Å². The van der Waals surface area contributed by atoms with Gasteiger partial charge in [0.2, 0.25) is 0 Å². The fraction of sp³-hybridized carbons (Fsp3) is 0.462. The van der Waals surface area contributed by atoms with Crippen LogP contribution in [0.1, 0.15) is 31.7 Å². The van der Waals surface area contributed by atoms with Gasteiger partial charge in [-0.3, -0.25) is 0 Å². The molecule has 0 N–H and O–H groups in total. The Morgan fingerprint density at radius 3 is 2.53 bits per heavy atom. The highest BCUT2D eigenvalue weighted by molar-refractivity contribution is 9.10. The van der Waals surface area contributed by atoms with Gasteiger partial charge >= 0.3 is 0 Å². The number of halogens is 1. The normalized spacial score (nSPS) is 30.1. The standard InChI is InChI=1S/C13H14BrN/c1-10-3-2-8-13(10,9-15)11-4-6-12(14)7-5-11/h4-7,10H,2-3,8H2,1H3. The highest BCUT2D eigenvalue weighted by Crippen LogP contribution is 2.45. The number of rotatable bonds is 1. The van der Waals surface area contributed by atoms with Gasteiger partial charge in [-0.05, 0) is 36.5 Å². The number of nitriles is 1. The minimum atomic E-state index is -0.235. The van der Waals surface area contributed by atoms with Gasteiger partial charge < -0.3 is 0 Å². The molecule has 0 aliphatic heterocycles. The first-order valence-corrected chi connectivity index (χ1v) is 6.15. The summed E-state index contributed by atoms with van der Waals surface area (Å²) in [5.41, 5.74) is 0.943. The Labute approximate surface area is 99.2 Å². The highest BCUT2D eigenvalue weighted by Gasteiger charge is 2.41. The second-order valence-electron chi connectivity index (χ2n) is 4.38. The van der Waals surface area contributed by atoms with E-state index in [4.69, 9.17) is 0 Å². The number of benzene rings is 1. The molecule has 0 bridgehead atoms. The second-order valence-corrected chi connectivity index (χ2v) is 5.30. The van der Waals surface area contributed by atoms with Crippen molar-refractivity contribution >= 4 is 15.9 Å². The van der Waals surface area contributed by atoms with Crippen molar-refractivity contribution in [3.63, 3.8) is 0 Å². The van der Waals surface area contributed by atoms with E-state index in [0.29, 0.717) is 5.92 Å². The lowest BCUT2D eigenvalue weighted by Gasteiger charge is -2.26. The van der Waals surface area contributed by atoms with Crippen LogP contribution in [0.15, 0.2) is 28.7 Å². The van der Waals surface area contributed by atoms with E-state index in [1.807, 2.05) is 12.1 Å². The van der Waals surface area contributed by atoms with Crippen LogP contribution in [0.2, 0.25) is 0 Å². The summed E-state index contributed by atoms with van der Waals surface area (Å²) in [4.78, 5) is 0. The molecule has 78 valence electrons. The molecule has 1 aromatic rings. The van der Waals surface area contributed by atoms with E-state index in [1.165, 1.54) is 18.4 Å². The topological polar surface area (TPSA) is 23.8 Å². The quantitative estimate of drug-likeness (QED) is 0.751. The van der Waals surface area contributed by atoms with Gasteiger partial charge in [0.15, 0.2) is 0 Å². The minimum Gasteiger partial charge on any atom is -0.197 e. The molecule has 1 saturated carbocycles. The molecule has 1 aliphatic carbocycles. The molecule has 0 radical (unpaired) electrons. The van der Waals surface area contributed by atoms with Crippen LogP contribution in [-0.2, 0) is 5.41 Å². The Hall–Kier alpha value is -0.810. The molecule has 2 unspecified atom stereocenters. The Balaban J connectivity index is 2.43. The molecule has 1 fully saturated rings. The van der Waals surface area contributed by atoms with Crippen molar-refractivity contribution in [3.8, 4) is 6.07 Å². The number of nitrogens with zero attached hydrogens (tertiary/aromatic N) is 1. The summed E-state index contributed by atoms with van der Waals surface area (Å²) < 4.78 is 1.07. The van der Waals surface area contributed by atoms with Crippen LogP contribution in [0.5, 0.6) is 0 Å². The van der Waals surface area contributed by atoms with Crippen molar-refractivity contribution in [1.82, 2.24) is 0 Å². The van der Waals surface area contributed by atoms with Crippen molar-refractivity contribution < 1.29 is 0 Å². The lowest BCUT2D eigenvalue weighted by molar-refractivity contribution is 0.431. The zero-order chi connectivity index (χ0) is 10.9. The van der Waals surface area contributed by atoms with E-state index in [0.717, 1.165) is 10.9 Å². The summed E-state index contributed by atoms with van der Waals surface area (Å²) in [6, 6.07) is 10.8. The van der Waals surface area contributed by atoms with Crippen LogP contribution in [0.3, 0.4) is 0 Å². The molecule has 2 atom stereocenters. The molecule has 0 aromatic heterocycles. The molecule has 2 heteroatoms. The van der Waals surface area contributed by atoms with Gasteiger partial charge in [-0.1, -0.05) is 41.4 Å². The maximum atomic E-state index is 9.45. The van der Waals surface area contributed by atoms with Gasteiger partial charge in [-0.25, -0.2) is 0 Å². The average molecular weight is 264 g/mol. The Bertz CT molecular complexity index is 390.